The van der Waals surface area contributed by atoms with Gasteiger partial charge in [-0.2, -0.15) is 13.2 Å². The maximum absolute atomic E-state index is 12.1. The summed E-state index contributed by atoms with van der Waals surface area (Å²) in [7, 11) is 0. The van der Waals surface area contributed by atoms with Crippen LogP contribution in [-0.4, -0.2) is 21.9 Å². The molecule has 0 radical (unpaired) electrons. The van der Waals surface area contributed by atoms with Gasteiger partial charge in [0.2, 0.25) is 0 Å². The van der Waals surface area contributed by atoms with Crippen LogP contribution >= 0.6 is 0 Å². The highest BCUT2D eigenvalue weighted by Gasteiger charge is 2.42. The Kier molecular flexibility index (Phi) is 2.77. The van der Waals surface area contributed by atoms with Crippen molar-refractivity contribution in [3.63, 3.8) is 0 Å². The van der Waals surface area contributed by atoms with Crippen molar-refractivity contribution in [2.75, 3.05) is 0 Å². The van der Waals surface area contributed by atoms with Crippen molar-refractivity contribution in [3.05, 3.63) is 40.8 Å². The number of alkyl halides is 3. The van der Waals surface area contributed by atoms with Crippen molar-refractivity contribution in [2.24, 2.45) is 0 Å². The summed E-state index contributed by atoms with van der Waals surface area (Å²) < 4.78 is 36.4. The number of halogens is 3. The monoisotopic (exact) mass is 258 g/mol. The summed E-state index contributed by atoms with van der Waals surface area (Å²) in [6.07, 6.45) is -4.41. The molecule has 0 spiro atoms. The molecular formula is C10H5F3N2O3. The lowest BCUT2D eigenvalue weighted by Gasteiger charge is -2.10. The van der Waals surface area contributed by atoms with Crippen LogP contribution in [-0.2, 0) is 4.79 Å². The number of benzene rings is 1. The third-order valence-corrected chi connectivity index (χ3v) is 2.02. The van der Waals surface area contributed by atoms with E-state index in [1.54, 1.807) is 6.07 Å². The van der Waals surface area contributed by atoms with Crippen LogP contribution in [0.25, 0.3) is 11.0 Å². The molecule has 0 fully saturated rings. The Labute approximate surface area is 97.4 Å². The smallest absolute Gasteiger partial charge is 0.324 e. The molecule has 1 aromatic heterocycles. The summed E-state index contributed by atoms with van der Waals surface area (Å²) >= 11 is 0. The van der Waals surface area contributed by atoms with E-state index < -0.39 is 17.7 Å². The Morgan fingerprint density at radius 3 is 2.61 bits per heavy atom. The van der Waals surface area contributed by atoms with Gasteiger partial charge in [0.1, 0.15) is 5.52 Å². The lowest BCUT2D eigenvalue weighted by Crippen LogP contribution is -2.38. The number of rotatable bonds is 1. The molecule has 18 heavy (non-hydrogen) atoms. The molecular weight excluding hydrogens is 253 g/mol. The molecule has 5 nitrogen and oxygen atoms in total. The molecule has 94 valence electrons. The van der Waals surface area contributed by atoms with Crippen molar-refractivity contribution >= 4 is 17.0 Å². The maximum atomic E-state index is 12.1. The summed E-state index contributed by atoms with van der Waals surface area (Å²) in [5.41, 5.74) is -0.763. The van der Waals surface area contributed by atoms with E-state index in [1.165, 1.54) is 18.2 Å². The number of carbonyl (C=O) groups excluding carboxylic acids is 1. The second-order valence-corrected chi connectivity index (χ2v) is 3.26. The van der Waals surface area contributed by atoms with Gasteiger partial charge in [0.15, 0.2) is 0 Å². The lowest BCUT2D eigenvalue weighted by molar-refractivity contribution is -0.199. The summed E-state index contributed by atoms with van der Waals surface area (Å²) in [5.74, 6) is -2.47. The van der Waals surface area contributed by atoms with Gasteiger partial charge in [-0.05, 0) is 12.1 Å². The molecule has 0 aliphatic heterocycles. The number of nitrogens with zero attached hydrogens (tertiary/aromatic N) is 2. The summed E-state index contributed by atoms with van der Waals surface area (Å²) in [6, 6.07) is 5.83. The second kappa shape index (κ2) is 4.13. The number of aromatic nitrogens is 2. The fraction of sp³-hybridized carbons (Fsp3) is 0.100. The summed E-state index contributed by atoms with van der Waals surface area (Å²) in [4.78, 5) is 29.8. The zero-order valence-electron chi connectivity index (χ0n) is 8.64. The zero-order valence-corrected chi connectivity index (χ0v) is 8.64. The maximum Gasteiger partial charge on any atom is 0.493 e. The highest BCUT2D eigenvalue weighted by atomic mass is 19.4. The van der Waals surface area contributed by atoms with E-state index in [9.17, 15) is 22.8 Å². The first-order valence-corrected chi connectivity index (χ1v) is 4.66. The predicted octanol–water partition coefficient (Wildman–Crippen LogP) is 0.914. The first kappa shape index (κ1) is 12.1. The van der Waals surface area contributed by atoms with Gasteiger partial charge in [-0.15, -0.1) is 4.73 Å². The minimum Gasteiger partial charge on any atom is -0.324 e. The van der Waals surface area contributed by atoms with Crippen LogP contribution in [0.4, 0.5) is 13.2 Å². The SMILES string of the molecule is O=C(On1c(=O)cnc2ccccc21)C(F)(F)F. The molecule has 0 saturated heterocycles. The standard InChI is InChI=1S/C10H5F3N2O3/c11-10(12,13)9(17)18-15-7-4-2-1-3-6(7)14-5-8(15)16/h1-5H. The highest BCUT2D eigenvalue weighted by molar-refractivity contribution is 5.78. The number of hydrogen-bond donors (Lipinski definition) is 0. The molecule has 0 unspecified atom stereocenters. The summed E-state index contributed by atoms with van der Waals surface area (Å²) in [6.45, 7) is 0. The van der Waals surface area contributed by atoms with Crippen LogP contribution in [0.3, 0.4) is 0 Å². The van der Waals surface area contributed by atoms with Crippen LogP contribution < -0.4 is 10.4 Å². The van der Waals surface area contributed by atoms with Crippen molar-refractivity contribution in [3.8, 4) is 0 Å². The molecule has 0 N–H and O–H groups in total. The zero-order chi connectivity index (χ0) is 13.3. The van der Waals surface area contributed by atoms with E-state index in [2.05, 4.69) is 9.82 Å². The molecule has 0 aliphatic carbocycles. The van der Waals surface area contributed by atoms with Crippen LogP contribution in [0.15, 0.2) is 35.3 Å². The van der Waals surface area contributed by atoms with E-state index in [0.29, 0.717) is 0 Å². The molecule has 0 atom stereocenters. The Balaban J connectivity index is 2.54. The molecule has 0 bridgehead atoms. The number of hydrogen-bond acceptors (Lipinski definition) is 4. The summed E-state index contributed by atoms with van der Waals surface area (Å²) in [5, 5.41) is 0. The van der Waals surface area contributed by atoms with Crippen LogP contribution in [0.5, 0.6) is 0 Å². The fourth-order valence-corrected chi connectivity index (χ4v) is 1.27. The quantitative estimate of drug-likeness (QED) is 0.762. The van der Waals surface area contributed by atoms with E-state index >= 15 is 0 Å². The molecule has 1 aromatic carbocycles. The molecule has 0 aliphatic rings. The largest absolute Gasteiger partial charge is 0.493 e. The van der Waals surface area contributed by atoms with Crippen molar-refractivity contribution in [1.82, 2.24) is 9.71 Å². The Morgan fingerprint density at radius 2 is 1.94 bits per heavy atom. The van der Waals surface area contributed by atoms with Crippen molar-refractivity contribution in [2.45, 2.75) is 6.18 Å². The van der Waals surface area contributed by atoms with Crippen LogP contribution in [0.1, 0.15) is 0 Å². The van der Waals surface area contributed by atoms with Gasteiger partial charge < -0.3 is 4.84 Å². The third kappa shape index (κ3) is 2.17. The second-order valence-electron chi connectivity index (χ2n) is 3.26. The molecule has 2 aromatic rings. The molecule has 1 heterocycles. The topological polar surface area (TPSA) is 61.2 Å². The number of fused-ring (bicyclic) bond motifs is 1. The Hall–Kier alpha value is -2.38. The Bertz CT molecular complexity index is 663. The van der Waals surface area contributed by atoms with Gasteiger partial charge >= 0.3 is 17.7 Å². The molecule has 8 heteroatoms. The predicted molar refractivity (Wildman–Crippen MR) is 53.6 cm³/mol. The van der Waals surface area contributed by atoms with E-state index in [-0.39, 0.29) is 15.8 Å². The highest BCUT2D eigenvalue weighted by Crippen LogP contribution is 2.15. The van der Waals surface area contributed by atoms with Crippen molar-refractivity contribution < 1.29 is 22.8 Å². The average Bonchev–Trinajstić information content (AvgIpc) is 2.31. The van der Waals surface area contributed by atoms with Crippen LogP contribution in [0, 0.1) is 0 Å². The normalized spacial score (nSPS) is 11.5. The minimum absolute atomic E-state index is 0.0254. The van der Waals surface area contributed by atoms with Crippen LogP contribution in [0.2, 0.25) is 0 Å². The minimum atomic E-state index is -5.18. The number of para-hydroxylation sites is 2. The fourth-order valence-electron chi connectivity index (χ4n) is 1.27. The molecule has 0 saturated carbocycles. The molecule has 2 rings (SSSR count). The van der Waals surface area contributed by atoms with E-state index in [0.717, 1.165) is 6.20 Å². The van der Waals surface area contributed by atoms with Gasteiger partial charge in [0.05, 0.1) is 11.7 Å². The third-order valence-electron chi connectivity index (χ3n) is 2.02. The van der Waals surface area contributed by atoms with Gasteiger partial charge in [0.25, 0.3) is 0 Å². The first-order chi connectivity index (χ1) is 8.39. The van der Waals surface area contributed by atoms with E-state index in [1.807, 2.05) is 0 Å². The first-order valence-electron chi connectivity index (χ1n) is 4.66. The van der Waals surface area contributed by atoms with Crippen molar-refractivity contribution in [1.29, 1.82) is 0 Å². The van der Waals surface area contributed by atoms with E-state index in [4.69, 9.17) is 0 Å². The van der Waals surface area contributed by atoms with Gasteiger partial charge in [0, 0.05) is 0 Å². The molecule has 0 amide bonds. The average molecular weight is 258 g/mol. The van der Waals surface area contributed by atoms with Gasteiger partial charge in [-0.3, -0.25) is 4.79 Å². The van der Waals surface area contributed by atoms with Gasteiger partial charge in [-0.1, -0.05) is 12.1 Å². The van der Waals surface area contributed by atoms with Gasteiger partial charge in [-0.25, -0.2) is 9.78 Å². The number of carbonyl (C=O) groups is 1. The lowest BCUT2D eigenvalue weighted by atomic mass is 10.3. The Morgan fingerprint density at radius 1 is 1.28 bits per heavy atom.